The standard InChI is InChI=1S/C15H28N2O2/c1-12-5-4-8-15(9-12,11-18)17-13(19)10-14(16)6-2-3-7-14/h12,18H,2-11,16H2,1H3,(H,17,19). The van der Waals surface area contributed by atoms with E-state index in [2.05, 4.69) is 12.2 Å². The van der Waals surface area contributed by atoms with Gasteiger partial charge in [-0.2, -0.15) is 0 Å². The van der Waals surface area contributed by atoms with Gasteiger partial charge in [-0.25, -0.2) is 0 Å². The van der Waals surface area contributed by atoms with Crippen molar-refractivity contribution in [3.63, 3.8) is 0 Å². The summed E-state index contributed by atoms with van der Waals surface area (Å²) in [7, 11) is 0. The maximum absolute atomic E-state index is 12.2. The monoisotopic (exact) mass is 268 g/mol. The number of hydrogen-bond acceptors (Lipinski definition) is 3. The number of carbonyl (C=O) groups excluding carboxylic acids is 1. The van der Waals surface area contributed by atoms with E-state index in [0.717, 1.165) is 44.9 Å². The first-order valence-electron chi connectivity index (χ1n) is 7.68. The van der Waals surface area contributed by atoms with Crippen LogP contribution in [0.3, 0.4) is 0 Å². The zero-order valence-electron chi connectivity index (χ0n) is 12.1. The summed E-state index contributed by atoms with van der Waals surface area (Å²) in [5, 5.41) is 12.8. The molecule has 19 heavy (non-hydrogen) atoms. The van der Waals surface area contributed by atoms with Gasteiger partial charge in [-0.1, -0.05) is 32.6 Å². The number of carbonyl (C=O) groups is 1. The lowest BCUT2D eigenvalue weighted by molar-refractivity contribution is -0.125. The van der Waals surface area contributed by atoms with Gasteiger partial charge in [0.05, 0.1) is 12.1 Å². The molecule has 0 heterocycles. The fourth-order valence-electron chi connectivity index (χ4n) is 3.87. The number of rotatable bonds is 4. The zero-order valence-corrected chi connectivity index (χ0v) is 12.1. The second kappa shape index (κ2) is 5.80. The van der Waals surface area contributed by atoms with Gasteiger partial charge in [-0.05, 0) is 31.6 Å². The molecule has 110 valence electrons. The minimum Gasteiger partial charge on any atom is -0.394 e. The van der Waals surface area contributed by atoms with Crippen LogP contribution in [0, 0.1) is 5.92 Å². The molecule has 1 amide bonds. The Balaban J connectivity index is 1.92. The van der Waals surface area contributed by atoms with Crippen molar-refractivity contribution in [2.24, 2.45) is 11.7 Å². The predicted octanol–water partition coefficient (Wildman–Crippen LogP) is 1.71. The van der Waals surface area contributed by atoms with Crippen molar-refractivity contribution in [3.8, 4) is 0 Å². The molecule has 2 atom stereocenters. The van der Waals surface area contributed by atoms with E-state index in [1.165, 1.54) is 6.42 Å². The lowest BCUT2D eigenvalue weighted by Crippen LogP contribution is -2.55. The molecule has 4 N–H and O–H groups in total. The number of nitrogens with one attached hydrogen (secondary N) is 1. The largest absolute Gasteiger partial charge is 0.394 e. The van der Waals surface area contributed by atoms with Crippen LogP contribution < -0.4 is 11.1 Å². The van der Waals surface area contributed by atoms with E-state index in [1.807, 2.05) is 0 Å². The lowest BCUT2D eigenvalue weighted by Gasteiger charge is -2.40. The van der Waals surface area contributed by atoms with Crippen LogP contribution >= 0.6 is 0 Å². The summed E-state index contributed by atoms with van der Waals surface area (Å²) in [6.45, 7) is 2.23. The molecule has 2 aliphatic rings. The van der Waals surface area contributed by atoms with E-state index < -0.39 is 5.54 Å². The molecule has 2 aliphatic carbocycles. The van der Waals surface area contributed by atoms with Crippen molar-refractivity contribution in [2.45, 2.75) is 75.8 Å². The summed E-state index contributed by atoms with van der Waals surface area (Å²) in [6, 6.07) is 0. The maximum atomic E-state index is 12.2. The summed E-state index contributed by atoms with van der Waals surface area (Å²) in [5.74, 6) is 0.590. The predicted molar refractivity (Wildman–Crippen MR) is 75.6 cm³/mol. The maximum Gasteiger partial charge on any atom is 0.222 e. The number of hydrogen-bond donors (Lipinski definition) is 3. The van der Waals surface area contributed by atoms with Crippen molar-refractivity contribution in [1.82, 2.24) is 5.32 Å². The van der Waals surface area contributed by atoms with Crippen LogP contribution in [0.4, 0.5) is 0 Å². The summed E-state index contributed by atoms with van der Waals surface area (Å²) in [6.07, 6.45) is 8.60. The fraction of sp³-hybridized carbons (Fsp3) is 0.933. The molecule has 2 saturated carbocycles. The Morgan fingerprint density at radius 3 is 2.58 bits per heavy atom. The van der Waals surface area contributed by atoms with Gasteiger partial charge in [0, 0.05) is 12.0 Å². The van der Waals surface area contributed by atoms with Gasteiger partial charge in [-0.3, -0.25) is 4.79 Å². The SMILES string of the molecule is CC1CCCC(CO)(NC(=O)CC2(N)CCCC2)C1. The third-order valence-electron chi connectivity index (χ3n) is 4.91. The van der Waals surface area contributed by atoms with E-state index in [4.69, 9.17) is 5.73 Å². The molecule has 2 fully saturated rings. The van der Waals surface area contributed by atoms with Crippen molar-refractivity contribution < 1.29 is 9.90 Å². The number of nitrogens with two attached hydrogens (primary N) is 1. The van der Waals surface area contributed by atoms with Crippen LogP contribution in [0.25, 0.3) is 0 Å². The topological polar surface area (TPSA) is 75.3 Å². The third kappa shape index (κ3) is 3.69. The molecule has 0 aromatic heterocycles. The van der Waals surface area contributed by atoms with Crippen LogP contribution in [-0.4, -0.2) is 28.7 Å². The molecule has 0 bridgehead atoms. The van der Waals surface area contributed by atoms with E-state index in [-0.39, 0.29) is 18.1 Å². The van der Waals surface area contributed by atoms with Crippen LogP contribution in [0.1, 0.15) is 64.7 Å². The fourth-order valence-corrected chi connectivity index (χ4v) is 3.87. The van der Waals surface area contributed by atoms with Gasteiger partial charge in [0.25, 0.3) is 0 Å². The molecule has 4 heteroatoms. The average molecular weight is 268 g/mol. The quantitative estimate of drug-likeness (QED) is 0.726. The van der Waals surface area contributed by atoms with Crippen LogP contribution in [0.5, 0.6) is 0 Å². The van der Waals surface area contributed by atoms with Gasteiger partial charge in [-0.15, -0.1) is 0 Å². The van der Waals surface area contributed by atoms with E-state index in [9.17, 15) is 9.90 Å². The summed E-state index contributed by atoms with van der Waals surface area (Å²) >= 11 is 0. The lowest BCUT2D eigenvalue weighted by atomic mass is 9.76. The van der Waals surface area contributed by atoms with Gasteiger partial charge in [0.1, 0.15) is 0 Å². The summed E-state index contributed by atoms with van der Waals surface area (Å²) in [5.41, 5.74) is 5.55. The first-order valence-corrected chi connectivity index (χ1v) is 7.68. The highest BCUT2D eigenvalue weighted by atomic mass is 16.3. The van der Waals surface area contributed by atoms with Gasteiger partial charge in [0.2, 0.25) is 5.91 Å². The van der Waals surface area contributed by atoms with E-state index in [1.54, 1.807) is 0 Å². The highest BCUT2D eigenvalue weighted by Gasteiger charge is 2.38. The number of aliphatic hydroxyl groups excluding tert-OH is 1. The Bertz CT molecular complexity index is 326. The number of aliphatic hydroxyl groups is 1. The van der Waals surface area contributed by atoms with Gasteiger partial charge < -0.3 is 16.2 Å². The van der Waals surface area contributed by atoms with E-state index >= 15 is 0 Å². The first kappa shape index (κ1) is 14.8. The summed E-state index contributed by atoms with van der Waals surface area (Å²) in [4.78, 5) is 12.2. The average Bonchev–Trinajstić information content (AvgIpc) is 2.75. The summed E-state index contributed by atoms with van der Waals surface area (Å²) < 4.78 is 0. The molecule has 0 aromatic rings. The highest BCUT2D eigenvalue weighted by molar-refractivity contribution is 5.78. The van der Waals surface area contributed by atoms with Crippen LogP contribution in [-0.2, 0) is 4.79 Å². The smallest absolute Gasteiger partial charge is 0.222 e. The minimum absolute atomic E-state index is 0.0209. The van der Waals surface area contributed by atoms with Crippen molar-refractivity contribution in [2.75, 3.05) is 6.61 Å². The molecule has 0 aromatic carbocycles. The minimum atomic E-state index is -0.399. The third-order valence-corrected chi connectivity index (χ3v) is 4.91. The molecule has 0 saturated heterocycles. The molecular weight excluding hydrogens is 240 g/mol. The van der Waals surface area contributed by atoms with Crippen molar-refractivity contribution in [3.05, 3.63) is 0 Å². The van der Waals surface area contributed by atoms with Crippen molar-refractivity contribution >= 4 is 5.91 Å². The Morgan fingerprint density at radius 2 is 2.00 bits per heavy atom. The normalized spacial score (nSPS) is 34.2. The molecule has 2 rings (SSSR count). The molecular formula is C15H28N2O2. The van der Waals surface area contributed by atoms with Crippen LogP contribution in [0.2, 0.25) is 0 Å². The molecule has 0 aliphatic heterocycles. The van der Waals surface area contributed by atoms with Gasteiger partial charge >= 0.3 is 0 Å². The number of amides is 1. The second-order valence-electron chi connectivity index (χ2n) is 6.93. The van der Waals surface area contributed by atoms with E-state index in [0.29, 0.717) is 12.3 Å². The Labute approximate surface area is 116 Å². The Hall–Kier alpha value is -0.610. The molecule has 2 unspecified atom stereocenters. The highest BCUT2D eigenvalue weighted by Crippen LogP contribution is 2.33. The second-order valence-corrected chi connectivity index (χ2v) is 6.93. The zero-order chi connectivity index (χ0) is 13.9. The van der Waals surface area contributed by atoms with Crippen LogP contribution in [0.15, 0.2) is 0 Å². The Morgan fingerprint density at radius 1 is 1.32 bits per heavy atom. The Kier molecular flexibility index (Phi) is 4.51. The molecule has 0 radical (unpaired) electrons. The molecule has 0 spiro atoms. The first-order chi connectivity index (χ1) is 8.97. The van der Waals surface area contributed by atoms with Crippen molar-refractivity contribution in [1.29, 1.82) is 0 Å². The van der Waals surface area contributed by atoms with Gasteiger partial charge in [0.15, 0.2) is 0 Å². The molecule has 4 nitrogen and oxygen atoms in total.